The van der Waals surface area contributed by atoms with E-state index in [1.807, 2.05) is 6.08 Å². The summed E-state index contributed by atoms with van der Waals surface area (Å²) in [5, 5.41) is 11.9. The number of aliphatic hydroxyl groups is 1. The van der Waals surface area contributed by atoms with Crippen molar-refractivity contribution in [3.05, 3.63) is 36.0 Å². The Morgan fingerprint density at radius 1 is 0.960 bits per heavy atom. The highest BCUT2D eigenvalue weighted by molar-refractivity contribution is 6.01. The molecular formula is C43H66O7. The summed E-state index contributed by atoms with van der Waals surface area (Å²) in [4.78, 5) is 39.4. The van der Waals surface area contributed by atoms with E-state index in [1.165, 1.54) is 51.4 Å². The molecular weight excluding hydrogens is 628 g/mol. The van der Waals surface area contributed by atoms with Crippen LogP contribution in [0, 0.1) is 28.6 Å². The first-order valence-corrected chi connectivity index (χ1v) is 20.4. The number of esters is 1. The Labute approximate surface area is 302 Å². The third-order valence-corrected chi connectivity index (χ3v) is 13.2. The molecule has 0 aromatic carbocycles. The van der Waals surface area contributed by atoms with E-state index in [-0.39, 0.29) is 41.9 Å². The van der Waals surface area contributed by atoms with Crippen molar-refractivity contribution in [3.63, 3.8) is 0 Å². The zero-order valence-electron chi connectivity index (χ0n) is 31.6. The molecule has 0 bridgehead atoms. The monoisotopic (exact) mass is 694 g/mol. The van der Waals surface area contributed by atoms with Crippen molar-refractivity contribution in [2.45, 2.75) is 180 Å². The highest BCUT2D eigenvalue weighted by atomic mass is 16.7. The lowest BCUT2D eigenvalue weighted by Crippen LogP contribution is -2.63. The Hall–Kier alpha value is -2.09. The first-order valence-electron chi connectivity index (χ1n) is 20.4. The summed E-state index contributed by atoms with van der Waals surface area (Å²) in [6, 6.07) is 0. The molecule has 1 aliphatic heterocycles. The number of fused-ring (bicyclic) bond motifs is 7. The summed E-state index contributed by atoms with van der Waals surface area (Å²) < 4.78 is 18.8. The molecule has 5 aliphatic rings. The molecule has 50 heavy (non-hydrogen) atoms. The summed E-state index contributed by atoms with van der Waals surface area (Å²) in [6.45, 7) is 8.26. The van der Waals surface area contributed by atoms with E-state index in [1.54, 1.807) is 12.2 Å². The Morgan fingerprint density at radius 3 is 2.34 bits per heavy atom. The molecule has 1 heterocycles. The Bertz CT molecular complexity index is 1270. The zero-order valence-corrected chi connectivity index (χ0v) is 31.6. The molecule has 5 rings (SSSR count). The van der Waals surface area contributed by atoms with Gasteiger partial charge >= 0.3 is 5.97 Å². The highest BCUT2D eigenvalue weighted by Gasteiger charge is 2.75. The van der Waals surface area contributed by atoms with Crippen LogP contribution in [0.2, 0.25) is 0 Å². The van der Waals surface area contributed by atoms with Gasteiger partial charge < -0.3 is 19.3 Å². The van der Waals surface area contributed by atoms with Gasteiger partial charge in [-0.2, -0.15) is 0 Å². The van der Waals surface area contributed by atoms with Crippen LogP contribution in [0.25, 0.3) is 0 Å². The normalized spacial score (nSPS) is 35.8. The topological polar surface area (TPSA) is 99.1 Å². The van der Waals surface area contributed by atoms with E-state index in [0.717, 1.165) is 56.9 Å². The van der Waals surface area contributed by atoms with Gasteiger partial charge in [0, 0.05) is 23.2 Å². The second-order valence-electron chi connectivity index (χ2n) is 16.6. The second kappa shape index (κ2) is 17.6. The number of hydrogen-bond donors (Lipinski definition) is 1. The highest BCUT2D eigenvalue weighted by Crippen LogP contribution is 2.69. The molecule has 0 aromatic rings. The standard InChI is InChI=1S/C43H66O7/c1-5-7-8-9-10-11-12-13-14-15-16-17-18-19-20-22-38(47)48-30-36(46)43-37(49-39(50-43)21-6-2)28-34-33-24-23-31-27-32(44)25-26-41(31,3)40(33)35(45)29-42(34,43)4/h13-14,25-27,33-35,37,39-40,45H,5-12,15-24,28-30H2,1-4H3/b14-13+/t33?,34?,35?,37-,39?,40?,41?,42?,43-/m1/s1. The van der Waals surface area contributed by atoms with Gasteiger partial charge in [-0.15, -0.1) is 0 Å². The first-order chi connectivity index (χ1) is 24.1. The Kier molecular flexibility index (Phi) is 13.8. The molecule has 280 valence electrons. The Balaban J connectivity index is 1.10. The van der Waals surface area contributed by atoms with Crippen LogP contribution >= 0.6 is 0 Å². The van der Waals surface area contributed by atoms with Gasteiger partial charge in [-0.3, -0.25) is 14.4 Å². The number of carbonyl (C=O) groups excluding carboxylic acids is 3. The van der Waals surface area contributed by atoms with E-state index in [0.29, 0.717) is 25.7 Å². The molecule has 0 radical (unpaired) electrons. The van der Waals surface area contributed by atoms with Crippen LogP contribution < -0.4 is 0 Å². The molecule has 0 amide bonds. The van der Waals surface area contributed by atoms with Crippen molar-refractivity contribution in [1.29, 1.82) is 0 Å². The SMILES string of the molecule is CCCCCCCC/C=C/CCCCCCCC(=O)OCC(=O)[C@@]12OC(CCC)O[C@@H]1CC1C3CCC4=CC(=O)C=CC4(C)C3C(O)CC12C. The van der Waals surface area contributed by atoms with E-state index >= 15 is 0 Å². The van der Waals surface area contributed by atoms with Crippen molar-refractivity contribution in [3.8, 4) is 0 Å². The molecule has 9 atom stereocenters. The average molecular weight is 695 g/mol. The number of rotatable bonds is 20. The molecule has 1 N–H and O–H groups in total. The van der Waals surface area contributed by atoms with Crippen molar-refractivity contribution in [1.82, 2.24) is 0 Å². The van der Waals surface area contributed by atoms with Crippen LogP contribution in [-0.4, -0.2) is 53.3 Å². The van der Waals surface area contributed by atoms with Gasteiger partial charge in [0.1, 0.15) is 0 Å². The maximum atomic E-state index is 14.3. The van der Waals surface area contributed by atoms with Crippen LogP contribution in [0.5, 0.6) is 0 Å². The lowest BCUT2D eigenvalue weighted by atomic mass is 9.46. The number of unbranched alkanes of at least 4 members (excludes halogenated alkanes) is 11. The van der Waals surface area contributed by atoms with Crippen molar-refractivity contribution in [2.75, 3.05) is 6.61 Å². The van der Waals surface area contributed by atoms with E-state index in [4.69, 9.17) is 14.2 Å². The molecule has 7 heteroatoms. The van der Waals surface area contributed by atoms with Crippen LogP contribution in [-0.2, 0) is 28.6 Å². The minimum atomic E-state index is -1.26. The average Bonchev–Trinajstić information content (AvgIpc) is 3.57. The molecule has 7 unspecified atom stereocenters. The van der Waals surface area contributed by atoms with E-state index < -0.39 is 34.9 Å². The predicted octanol–water partition coefficient (Wildman–Crippen LogP) is 9.31. The largest absolute Gasteiger partial charge is 0.458 e. The fraction of sp³-hybridized carbons (Fsp3) is 0.791. The minimum Gasteiger partial charge on any atom is -0.458 e. The summed E-state index contributed by atoms with van der Waals surface area (Å²) in [5.74, 6) is -0.356. The van der Waals surface area contributed by atoms with Gasteiger partial charge in [-0.05, 0) is 88.2 Å². The quantitative estimate of drug-likeness (QED) is 0.0770. The fourth-order valence-electron chi connectivity index (χ4n) is 10.7. The lowest BCUT2D eigenvalue weighted by molar-refractivity contribution is -0.201. The van der Waals surface area contributed by atoms with Crippen LogP contribution in [0.1, 0.15) is 156 Å². The maximum absolute atomic E-state index is 14.3. The summed E-state index contributed by atoms with van der Waals surface area (Å²) in [6.07, 6.45) is 28.6. The van der Waals surface area contributed by atoms with Gasteiger partial charge in [-0.25, -0.2) is 0 Å². The maximum Gasteiger partial charge on any atom is 0.306 e. The zero-order chi connectivity index (χ0) is 35.8. The van der Waals surface area contributed by atoms with Gasteiger partial charge in [0.2, 0.25) is 5.78 Å². The summed E-state index contributed by atoms with van der Waals surface area (Å²) >= 11 is 0. The summed E-state index contributed by atoms with van der Waals surface area (Å²) in [7, 11) is 0. The molecule has 0 aromatic heterocycles. The number of aliphatic hydroxyl groups excluding tert-OH is 1. The third-order valence-electron chi connectivity index (χ3n) is 13.2. The van der Waals surface area contributed by atoms with Gasteiger partial charge in [0.15, 0.2) is 24.3 Å². The van der Waals surface area contributed by atoms with Crippen molar-refractivity contribution < 1.29 is 33.7 Å². The van der Waals surface area contributed by atoms with Crippen LogP contribution in [0.3, 0.4) is 0 Å². The number of Topliss-reactive ketones (excluding diaryl/α,β-unsaturated/α-hetero) is 1. The fourth-order valence-corrected chi connectivity index (χ4v) is 10.7. The van der Waals surface area contributed by atoms with Crippen molar-refractivity contribution >= 4 is 17.5 Å². The molecule has 0 spiro atoms. The van der Waals surface area contributed by atoms with Gasteiger partial charge in [-0.1, -0.05) is 109 Å². The second-order valence-corrected chi connectivity index (χ2v) is 16.6. The summed E-state index contributed by atoms with van der Waals surface area (Å²) in [5.41, 5.74) is -1.22. The number of ether oxygens (including phenoxy) is 3. The smallest absolute Gasteiger partial charge is 0.306 e. The lowest BCUT2D eigenvalue weighted by Gasteiger charge is -2.59. The number of carbonyl (C=O) groups is 3. The minimum absolute atomic E-state index is 0.0153. The van der Waals surface area contributed by atoms with Gasteiger partial charge in [0.25, 0.3) is 0 Å². The number of ketones is 2. The number of allylic oxidation sites excluding steroid dienone is 6. The third kappa shape index (κ3) is 8.10. The predicted molar refractivity (Wildman–Crippen MR) is 196 cm³/mol. The molecule has 4 fully saturated rings. The molecule has 7 nitrogen and oxygen atoms in total. The molecule has 4 aliphatic carbocycles. The van der Waals surface area contributed by atoms with Crippen LogP contribution in [0.4, 0.5) is 0 Å². The molecule has 3 saturated carbocycles. The van der Waals surface area contributed by atoms with E-state index in [2.05, 4.69) is 39.8 Å². The van der Waals surface area contributed by atoms with E-state index in [9.17, 15) is 19.5 Å². The van der Waals surface area contributed by atoms with Crippen molar-refractivity contribution in [2.24, 2.45) is 28.6 Å². The Morgan fingerprint density at radius 2 is 1.64 bits per heavy atom. The number of hydrogen-bond acceptors (Lipinski definition) is 7. The van der Waals surface area contributed by atoms with Gasteiger partial charge in [0.05, 0.1) is 12.2 Å². The first kappa shape index (κ1) is 39.1. The molecule has 1 saturated heterocycles. The van der Waals surface area contributed by atoms with Crippen LogP contribution in [0.15, 0.2) is 36.0 Å².